The number of hydrogen-bond donors (Lipinski definition) is 7. The number of nitrogens with one attached hydrogen (secondary N) is 2. The Kier molecular flexibility index (Phi) is 10.6. The number of carbonyl (C=O) groups excluding carboxylic acids is 3. The van der Waals surface area contributed by atoms with E-state index in [0.717, 1.165) is 0 Å². The Morgan fingerprint density at radius 2 is 1.70 bits per heavy atom. The van der Waals surface area contributed by atoms with Crippen molar-refractivity contribution in [1.82, 2.24) is 14.8 Å². The molecule has 1 heterocycles. The molecule has 0 bridgehead atoms. The first-order chi connectivity index (χ1) is 19.1. The number of hydrogen-bond acceptors (Lipinski definition) is 9. The molecular formula is C27H35N7O6. The fourth-order valence-electron chi connectivity index (χ4n) is 4.16. The van der Waals surface area contributed by atoms with Gasteiger partial charge in [-0.05, 0) is 36.2 Å². The number of aromatic hydroxyl groups is 2. The van der Waals surface area contributed by atoms with Crippen molar-refractivity contribution in [2.45, 2.75) is 25.4 Å². The third-order valence-electron chi connectivity index (χ3n) is 6.23. The van der Waals surface area contributed by atoms with Gasteiger partial charge in [0.1, 0.15) is 5.69 Å². The van der Waals surface area contributed by atoms with Gasteiger partial charge in [-0.15, -0.1) is 0 Å². The maximum atomic E-state index is 13.1. The minimum Gasteiger partial charge on any atom is -0.504 e. The summed E-state index contributed by atoms with van der Waals surface area (Å²) in [6.07, 6.45) is 1.57. The van der Waals surface area contributed by atoms with Crippen LogP contribution in [0.25, 0.3) is 10.9 Å². The Labute approximate surface area is 230 Å². The number of para-hydroxylation sites is 1. The van der Waals surface area contributed by atoms with E-state index < -0.39 is 29.8 Å². The highest BCUT2D eigenvalue weighted by Crippen LogP contribution is 2.26. The Balaban J connectivity index is 1.64. The largest absolute Gasteiger partial charge is 0.504 e. The number of pyridine rings is 1. The molecule has 3 amide bonds. The van der Waals surface area contributed by atoms with Crippen LogP contribution in [-0.2, 0) is 20.9 Å². The van der Waals surface area contributed by atoms with Crippen molar-refractivity contribution in [3.8, 4) is 11.5 Å². The molecule has 13 heteroatoms. The van der Waals surface area contributed by atoms with Gasteiger partial charge in [0.05, 0.1) is 18.1 Å². The first-order valence-corrected chi connectivity index (χ1v) is 12.8. The quantitative estimate of drug-likeness (QED) is 0.134. The first kappa shape index (κ1) is 30.1. The number of benzene rings is 2. The lowest BCUT2D eigenvalue weighted by Gasteiger charge is -2.22. The van der Waals surface area contributed by atoms with E-state index in [1.807, 2.05) is 0 Å². The van der Waals surface area contributed by atoms with E-state index in [1.165, 1.54) is 23.2 Å². The fourth-order valence-corrected chi connectivity index (χ4v) is 4.16. The second-order valence-electron chi connectivity index (χ2n) is 9.21. The molecule has 0 saturated carbocycles. The molecule has 1 atom stereocenters. The molecular weight excluding hydrogens is 518 g/mol. The summed E-state index contributed by atoms with van der Waals surface area (Å²) in [6.45, 7) is 1.07. The summed E-state index contributed by atoms with van der Waals surface area (Å²) in [7, 11) is 0. The predicted octanol–water partition coefficient (Wildman–Crippen LogP) is -0.631. The number of nitrogens with two attached hydrogens (primary N) is 3. The van der Waals surface area contributed by atoms with Gasteiger partial charge in [0, 0.05) is 50.7 Å². The minimum atomic E-state index is -1.02. The third-order valence-corrected chi connectivity index (χ3v) is 6.23. The van der Waals surface area contributed by atoms with Gasteiger partial charge in [0.2, 0.25) is 23.2 Å². The average molecular weight is 554 g/mol. The van der Waals surface area contributed by atoms with Crippen molar-refractivity contribution in [3.05, 3.63) is 64.4 Å². The molecule has 0 fully saturated rings. The maximum absolute atomic E-state index is 13.1. The van der Waals surface area contributed by atoms with E-state index in [2.05, 4.69) is 10.6 Å². The van der Waals surface area contributed by atoms with Crippen LogP contribution in [0.15, 0.2) is 53.5 Å². The molecule has 40 heavy (non-hydrogen) atoms. The van der Waals surface area contributed by atoms with Crippen LogP contribution in [0.1, 0.15) is 18.4 Å². The first-order valence-electron chi connectivity index (χ1n) is 12.8. The number of anilines is 1. The Hall–Kier alpha value is -4.46. The molecule has 13 nitrogen and oxygen atoms in total. The van der Waals surface area contributed by atoms with Crippen LogP contribution in [0.4, 0.5) is 5.69 Å². The normalized spacial score (nSPS) is 11.7. The van der Waals surface area contributed by atoms with Crippen molar-refractivity contribution in [1.29, 1.82) is 0 Å². The molecule has 10 N–H and O–H groups in total. The number of aromatic nitrogens is 1. The van der Waals surface area contributed by atoms with Crippen molar-refractivity contribution < 1.29 is 24.6 Å². The second-order valence-corrected chi connectivity index (χ2v) is 9.21. The molecule has 0 aliphatic heterocycles. The van der Waals surface area contributed by atoms with E-state index in [4.69, 9.17) is 17.2 Å². The third kappa shape index (κ3) is 7.79. The van der Waals surface area contributed by atoms with Crippen LogP contribution in [0, 0.1) is 0 Å². The van der Waals surface area contributed by atoms with E-state index in [9.17, 15) is 29.4 Å². The standard InChI is InChI=1S/C27H35N7O6/c28-9-11-33(12-10-29)25(38)8-6-19(30)27(40)31-14-24(37)32-20-16-34(15-17-5-7-22(35)23(36)13-17)21-4-2-1-3-18(21)26(20)39/h1-5,7,13,16,19,35-36H,6,8-12,14-15,28-30H2,(H,31,40)(H,32,37). The van der Waals surface area contributed by atoms with Crippen LogP contribution in [0.2, 0.25) is 0 Å². The highest BCUT2D eigenvalue weighted by Gasteiger charge is 2.19. The Morgan fingerprint density at radius 3 is 2.38 bits per heavy atom. The summed E-state index contributed by atoms with van der Waals surface area (Å²) in [5, 5.41) is 24.8. The lowest BCUT2D eigenvalue weighted by Crippen LogP contribution is -2.45. The lowest BCUT2D eigenvalue weighted by molar-refractivity contribution is -0.131. The lowest BCUT2D eigenvalue weighted by atomic mass is 10.1. The van der Waals surface area contributed by atoms with Gasteiger partial charge in [-0.25, -0.2) is 0 Å². The maximum Gasteiger partial charge on any atom is 0.243 e. The van der Waals surface area contributed by atoms with E-state index in [1.54, 1.807) is 34.9 Å². The van der Waals surface area contributed by atoms with Crippen molar-refractivity contribution >= 4 is 34.3 Å². The molecule has 0 spiro atoms. The molecule has 214 valence electrons. The summed E-state index contributed by atoms with van der Waals surface area (Å²) in [5.41, 5.74) is 17.8. The van der Waals surface area contributed by atoms with Crippen LogP contribution in [-0.4, -0.2) is 76.2 Å². The molecule has 0 aliphatic carbocycles. The topological polar surface area (TPSA) is 219 Å². The van der Waals surface area contributed by atoms with Crippen LogP contribution in [0.3, 0.4) is 0 Å². The smallest absolute Gasteiger partial charge is 0.243 e. The van der Waals surface area contributed by atoms with Crippen LogP contribution in [0.5, 0.6) is 11.5 Å². The van der Waals surface area contributed by atoms with Gasteiger partial charge < -0.3 is 47.5 Å². The zero-order chi connectivity index (χ0) is 29.2. The van der Waals surface area contributed by atoms with Gasteiger partial charge in [-0.1, -0.05) is 18.2 Å². The number of amides is 3. The Morgan fingerprint density at radius 1 is 1.00 bits per heavy atom. The van der Waals surface area contributed by atoms with E-state index in [0.29, 0.717) is 29.6 Å². The average Bonchev–Trinajstić information content (AvgIpc) is 2.94. The molecule has 3 rings (SSSR count). The zero-order valence-electron chi connectivity index (χ0n) is 22.0. The number of rotatable bonds is 13. The summed E-state index contributed by atoms with van der Waals surface area (Å²) in [4.78, 5) is 51.9. The fraction of sp³-hybridized carbons (Fsp3) is 0.333. The molecule has 1 aromatic heterocycles. The zero-order valence-corrected chi connectivity index (χ0v) is 22.0. The van der Waals surface area contributed by atoms with Crippen molar-refractivity contribution in [2.75, 3.05) is 38.0 Å². The van der Waals surface area contributed by atoms with E-state index >= 15 is 0 Å². The number of carbonyl (C=O) groups is 3. The van der Waals surface area contributed by atoms with Gasteiger partial charge in [0.25, 0.3) is 0 Å². The van der Waals surface area contributed by atoms with E-state index in [-0.39, 0.29) is 55.6 Å². The Bertz CT molecular complexity index is 1420. The molecule has 0 saturated heterocycles. The second kappa shape index (κ2) is 14.1. The van der Waals surface area contributed by atoms with Crippen molar-refractivity contribution in [3.63, 3.8) is 0 Å². The number of phenolic OH excluding ortho intramolecular Hbond substituents is 2. The van der Waals surface area contributed by atoms with Crippen molar-refractivity contribution in [2.24, 2.45) is 17.2 Å². The summed E-state index contributed by atoms with van der Waals surface area (Å²) >= 11 is 0. The van der Waals surface area contributed by atoms with Gasteiger partial charge in [0.15, 0.2) is 11.5 Å². The van der Waals surface area contributed by atoms with Gasteiger partial charge in [-0.3, -0.25) is 19.2 Å². The summed E-state index contributed by atoms with van der Waals surface area (Å²) < 4.78 is 1.72. The predicted molar refractivity (Wildman–Crippen MR) is 151 cm³/mol. The molecule has 0 aliphatic rings. The number of nitrogens with zero attached hydrogens (tertiary/aromatic N) is 2. The minimum absolute atomic E-state index is 0.00394. The monoisotopic (exact) mass is 553 g/mol. The highest BCUT2D eigenvalue weighted by molar-refractivity contribution is 5.96. The highest BCUT2D eigenvalue weighted by atomic mass is 16.3. The summed E-state index contributed by atoms with van der Waals surface area (Å²) in [5.74, 6) is -2.01. The molecule has 2 aromatic carbocycles. The van der Waals surface area contributed by atoms with Gasteiger partial charge in [-0.2, -0.15) is 0 Å². The number of fused-ring (bicyclic) bond motifs is 1. The van der Waals surface area contributed by atoms with Crippen LogP contribution < -0.4 is 33.3 Å². The van der Waals surface area contributed by atoms with Gasteiger partial charge >= 0.3 is 0 Å². The number of phenols is 2. The molecule has 3 aromatic rings. The molecule has 0 radical (unpaired) electrons. The van der Waals surface area contributed by atoms with Crippen LogP contribution >= 0.6 is 0 Å². The molecule has 1 unspecified atom stereocenters. The summed E-state index contributed by atoms with van der Waals surface area (Å²) in [6, 6.07) is 10.2. The SMILES string of the molecule is NCCN(CCN)C(=O)CCC(N)C(=O)NCC(=O)Nc1cn(Cc2ccc(O)c(O)c2)c2ccccc2c1=O.